The van der Waals surface area contributed by atoms with Crippen LogP contribution in [0.1, 0.15) is 17.2 Å². The summed E-state index contributed by atoms with van der Waals surface area (Å²) in [5.74, 6) is 0.691. The molecule has 2 aliphatic rings. The fraction of sp³-hybridized carbons (Fsp3) is 0.500. The Morgan fingerprint density at radius 3 is 2.86 bits per heavy atom. The summed E-state index contributed by atoms with van der Waals surface area (Å²) < 4.78 is 5.87. The van der Waals surface area contributed by atoms with Gasteiger partial charge in [0, 0.05) is 19.0 Å². The van der Waals surface area contributed by atoms with Crippen LogP contribution in [0.25, 0.3) is 0 Å². The fourth-order valence-corrected chi connectivity index (χ4v) is 2.34. The van der Waals surface area contributed by atoms with E-state index in [0.29, 0.717) is 12.0 Å². The zero-order valence-electron chi connectivity index (χ0n) is 8.20. The highest BCUT2D eigenvalue weighted by Crippen LogP contribution is 2.34. The molecular weight excluding hydrogens is 174 g/mol. The van der Waals surface area contributed by atoms with Gasteiger partial charge in [0.05, 0.1) is 12.7 Å². The molecule has 1 atom stereocenters. The van der Waals surface area contributed by atoms with Crippen LogP contribution in [0, 0.1) is 5.92 Å². The highest BCUT2D eigenvalue weighted by atomic mass is 16.5. The van der Waals surface area contributed by atoms with Crippen molar-refractivity contribution in [1.29, 1.82) is 0 Å². The molecule has 1 N–H and O–H groups in total. The summed E-state index contributed by atoms with van der Waals surface area (Å²) in [7, 11) is 0. The van der Waals surface area contributed by atoms with Crippen molar-refractivity contribution in [3.05, 3.63) is 35.4 Å². The predicted molar refractivity (Wildman–Crippen MR) is 55.2 cm³/mol. The van der Waals surface area contributed by atoms with Gasteiger partial charge in [0.15, 0.2) is 0 Å². The number of ether oxygens (including phenoxy) is 1. The van der Waals surface area contributed by atoms with Crippen molar-refractivity contribution in [3.63, 3.8) is 0 Å². The zero-order chi connectivity index (χ0) is 9.38. The lowest BCUT2D eigenvalue weighted by Crippen LogP contribution is -2.46. The average molecular weight is 189 g/mol. The lowest BCUT2D eigenvalue weighted by Gasteiger charge is -2.37. The molecule has 2 aliphatic heterocycles. The molecular formula is C12H15NO. The number of nitrogens with one attached hydrogen (secondary N) is 1. The summed E-state index contributed by atoms with van der Waals surface area (Å²) in [5.41, 5.74) is 2.90. The molecule has 0 radical (unpaired) electrons. The molecule has 1 unspecified atom stereocenters. The highest BCUT2D eigenvalue weighted by molar-refractivity contribution is 5.31. The molecule has 14 heavy (non-hydrogen) atoms. The van der Waals surface area contributed by atoms with E-state index in [1.807, 2.05) is 0 Å². The summed E-state index contributed by atoms with van der Waals surface area (Å²) in [5, 5.41) is 3.31. The van der Waals surface area contributed by atoms with Gasteiger partial charge in [-0.2, -0.15) is 0 Å². The van der Waals surface area contributed by atoms with Crippen molar-refractivity contribution in [2.45, 2.75) is 12.5 Å². The van der Waals surface area contributed by atoms with Crippen molar-refractivity contribution in [3.8, 4) is 0 Å². The summed E-state index contributed by atoms with van der Waals surface area (Å²) in [6, 6.07) is 8.70. The van der Waals surface area contributed by atoms with Crippen LogP contribution in [0.15, 0.2) is 24.3 Å². The van der Waals surface area contributed by atoms with E-state index >= 15 is 0 Å². The summed E-state index contributed by atoms with van der Waals surface area (Å²) in [6.45, 7) is 3.11. The normalized spacial score (nSPS) is 26.7. The maximum Gasteiger partial charge on any atom is 0.0880 e. The second-order valence-corrected chi connectivity index (χ2v) is 4.16. The Bertz CT molecular complexity index is 333. The Morgan fingerprint density at radius 1 is 1.21 bits per heavy atom. The van der Waals surface area contributed by atoms with Crippen LogP contribution >= 0.6 is 0 Å². The van der Waals surface area contributed by atoms with Crippen LogP contribution in [0.5, 0.6) is 0 Å². The minimum Gasteiger partial charge on any atom is -0.373 e. The van der Waals surface area contributed by atoms with E-state index in [9.17, 15) is 0 Å². The van der Waals surface area contributed by atoms with Gasteiger partial charge in [0.1, 0.15) is 0 Å². The SMILES string of the molecule is c1ccc2c(c1)CCOC2C1CNC1. The Balaban J connectivity index is 1.93. The molecule has 0 aliphatic carbocycles. The molecule has 0 amide bonds. The van der Waals surface area contributed by atoms with E-state index in [0.717, 1.165) is 26.1 Å². The van der Waals surface area contributed by atoms with E-state index in [-0.39, 0.29) is 0 Å². The van der Waals surface area contributed by atoms with Crippen molar-refractivity contribution >= 4 is 0 Å². The maximum atomic E-state index is 5.87. The van der Waals surface area contributed by atoms with E-state index in [2.05, 4.69) is 29.6 Å². The van der Waals surface area contributed by atoms with Gasteiger partial charge >= 0.3 is 0 Å². The summed E-state index contributed by atoms with van der Waals surface area (Å²) >= 11 is 0. The van der Waals surface area contributed by atoms with E-state index in [1.54, 1.807) is 0 Å². The maximum absolute atomic E-state index is 5.87. The molecule has 2 nitrogen and oxygen atoms in total. The second-order valence-electron chi connectivity index (χ2n) is 4.16. The molecule has 2 heteroatoms. The lowest BCUT2D eigenvalue weighted by atomic mass is 9.86. The quantitative estimate of drug-likeness (QED) is 0.723. The Morgan fingerprint density at radius 2 is 2.07 bits per heavy atom. The summed E-state index contributed by atoms with van der Waals surface area (Å²) in [4.78, 5) is 0. The van der Waals surface area contributed by atoms with Gasteiger partial charge in [0.25, 0.3) is 0 Å². The molecule has 1 saturated heterocycles. The number of hydrogen-bond donors (Lipinski definition) is 1. The van der Waals surface area contributed by atoms with Gasteiger partial charge in [0.2, 0.25) is 0 Å². The van der Waals surface area contributed by atoms with Gasteiger partial charge in [-0.05, 0) is 17.5 Å². The first kappa shape index (κ1) is 8.45. The van der Waals surface area contributed by atoms with Gasteiger partial charge < -0.3 is 10.1 Å². The minimum absolute atomic E-state index is 0.348. The van der Waals surface area contributed by atoms with Crippen molar-refractivity contribution in [1.82, 2.24) is 5.32 Å². The van der Waals surface area contributed by atoms with Crippen LogP contribution in [0.2, 0.25) is 0 Å². The molecule has 1 aromatic rings. The number of fused-ring (bicyclic) bond motifs is 1. The Labute approximate surface area is 84.3 Å². The zero-order valence-corrected chi connectivity index (χ0v) is 8.20. The van der Waals surface area contributed by atoms with Crippen molar-refractivity contribution in [2.75, 3.05) is 19.7 Å². The van der Waals surface area contributed by atoms with Crippen LogP contribution in [0.3, 0.4) is 0 Å². The van der Waals surface area contributed by atoms with E-state index in [4.69, 9.17) is 4.74 Å². The van der Waals surface area contributed by atoms with E-state index in [1.165, 1.54) is 11.1 Å². The van der Waals surface area contributed by atoms with Gasteiger partial charge in [-0.15, -0.1) is 0 Å². The Hall–Kier alpha value is -0.860. The highest BCUT2D eigenvalue weighted by Gasteiger charge is 2.32. The summed E-state index contributed by atoms with van der Waals surface area (Å²) in [6.07, 6.45) is 1.42. The van der Waals surface area contributed by atoms with Crippen molar-refractivity contribution < 1.29 is 4.74 Å². The monoisotopic (exact) mass is 189 g/mol. The van der Waals surface area contributed by atoms with Crippen molar-refractivity contribution in [2.24, 2.45) is 5.92 Å². The topological polar surface area (TPSA) is 21.3 Å². The molecule has 0 aromatic heterocycles. The number of hydrogen-bond acceptors (Lipinski definition) is 2. The minimum atomic E-state index is 0.348. The number of rotatable bonds is 1. The third-order valence-corrected chi connectivity index (χ3v) is 3.27. The van der Waals surface area contributed by atoms with Gasteiger partial charge in [-0.3, -0.25) is 0 Å². The first-order valence-electron chi connectivity index (χ1n) is 5.35. The standard InChI is InChI=1S/C12H15NO/c1-2-4-11-9(3-1)5-6-14-12(11)10-7-13-8-10/h1-4,10,12-13H,5-8H2. The first-order valence-corrected chi connectivity index (χ1v) is 5.35. The van der Waals surface area contributed by atoms with E-state index < -0.39 is 0 Å². The number of benzene rings is 1. The molecule has 2 heterocycles. The molecule has 1 fully saturated rings. The third kappa shape index (κ3) is 1.26. The molecule has 0 saturated carbocycles. The largest absolute Gasteiger partial charge is 0.373 e. The average Bonchev–Trinajstić information content (AvgIpc) is 2.16. The molecule has 3 rings (SSSR count). The van der Waals surface area contributed by atoms with Crippen LogP contribution < -0.4 is 5.32 Å². The van der Waals surface area contributed by atoms with Gasteiger partial charge in [-0.1, -0.05) is 24.3 Å². The van der Waals surface area contributed by atoms with Crippen LogP contribution in [0.4, 0.5) is 0 Å². The third-order valence-electron chi connectivity index (χ3n) is 3.27. The fourth-order valence-electron chi connectivity index (χ4n) is 2.34. The van der Waals surface area contributed by atoms with Gasteiger partial charge in [-0.25, -0.2) is 0 Å². The second kappa shape index (κ2) is 3.37. The smallest absolute Gasteiger partial charge is 0.0880 e. The molecule has 0 bridgehead atoms. The van der Waals surface area contributed by atoms with Crippen LogP contribution in [-0.2, 0) is 11.2 Å². The molecule has 0 spiro atoms. The lowest BCUT2D eigenvalue weighted by molar-refractivity contribution is -0.0150. The molecule has 74 valence electrons. The predicted octanol–water partition coefficient (Wildman–Crippen LogP) is 1.52. The first-order chi connectivity index (χ1) is 6.95. The van der Waals surface area contributed by atoms with Crippen LogP contribution in [-0.4, -0.2) is 19.7 Å². The molecule has 1 aromatic carbocycles. The Kier molecular flexibility index (Phi) is 2.03.